The van der Waals surface area contributed by atoms with Gasteiger partial charge in [0.15, 0.2) is 16.6 Å². The summed E-state index contributed by atoms with van der Waals surface area (Å²) < 4.78 is 17.7. The molecule has 1 amide bonds. The van der Waals surface area contributed by atoms with E-state index in [2.05, 4.69) is 4.98 Å². The fraction of sp³-hybridized carbons (Fsp3) is 0.121. The maximum atomic E-state index is 13.7. The van der Waals surface area contributed by atoms with Crippen LogP contribution in [-0.2, 0) is 16.2 Å². The number of thiazole rings is 1. The van der Waals surface area contributed by atoms with Crippen LogP contribution in [0.4, 0.5) is 5.13 Å². The summed E-state index contributed by atoms with van der Waals surface area (Å²) in [7, 11) is 3.05. The predicted molar refractivity (Wildman–Crippen MR) is 166 cm³/mol. The molecule has 1 unspecified atom stereocenters. The summed E-state index contributed by atoms with van der Waals surface area (Å²) in [4.78, 5) is 33.2. The first-order chi connectivity index (χ1) is 20.9. The van der Waals surface area contributed by atoms with Crippen LogP contribution in [0.2, 0.25) is 5.02 Å². The van der Waals surface area contributed by atoms with Crippen LogP contribution in [0.3, 0.4) is 0 Å². The van der Waals surface area contributed by atoms with Crippen molar-refractivity contribution in [2.24, 2.45) is 0 Å². The van der Waals surface area contributed by atoms with Gasteiger partial charge >= 0.3 is 5.91 Å². The molecule has 1 N–H and O–H groups in total. The largest absolute Gasteiger partial charge is 0.507 e. The van der Waals surface area contributed by atoms with E-state index in [1.807, 2.05) is 30.3 Å². The third kappa shape index (κ3) is 5.40. The SMILES string of the molecule is COc1ccc(/C(O)=C2\C(=O)C(=O)N(c3nc4ccc(Cl)cc4s3)C2c2ccc(OCc3ccccc3)c(OC)c2)cc1. The lowest BCUT2D eigenvalue weighted by atomic mass is 9.95. The fourth-order valence-corrected chi connectivity index (χ4v) is 6.22. The topological polar surface area (TPSA) is 98.2 Å². The highest BCUT2D eigenvalue weighted by Crippen LogP contribution is 2.46. The third-order valence-corrected chi connectivity index (χ3v) is 8.35. The number of nitrogens with zero attached hydrogens (tertiary/aromatic N) is 2. The zero-order valence-corrected chi connectivity index (χ0v) is 24.7. The predicted octanol–water partition coefficient (Wildman–Crippen LogP) is 7.17. The van der Waals surface area contributed by atoms with Crippen molar-refractivity contribution in [2.75, 3.05) is 19.1 Å². The highest BCUT2D eigenvalue weighted by molar-refractivity contribution is 7.22. The number of anilines is 1. The minimum absolute atomic E-state index is 0.0764. The van der Waals surface area contributed by atoms with E-state index in [1.54, 1.807) is 60.7 Å². The molecule has 1 aromatic heterocycles. The van der Waals surface area contributed by atoms with Gasteiger partial charge in [-0.15, -0.1) is 0 Å². The van der Waals surface area contributed by atoms with Crippen LogP contribution in [0.5, 0.6) is 17.2 Å². The summed E-state index contributed by atoms with van der Waals surface area (Å²) >= 11 is 7.43. The van der Waals surface area contributed by atoms with Crippen molar-refractivity contribution in [1.29, 1.82) is 0 Å². The van der Waals surface area contributed by atoms with Crippen LogP contribution in [0.1, 0.15) is 22.7 Å². The Hall–Kier alpha value is -4.86. The summed E-state index contributed by atoms with van der Waals surface area (Å²) in [5.74, 6) is -0.498. The number of rotatable bonds is 8. The van der Waals surface area contributed by atoms with Crippen molar-refractivity contribution in [2.45, 2.75) is 12.6 Å². The molecule has 43 heavy (non-hydrogen) atoms. The lowest BCUT2D eigenvalue weighted by Gasteiger charge is -2.24. The fourth-order valence-electron chi connectivity index (χ4n) is 4.95. The van der Waals surface area contributed by atoms with E-state index in [1.165, 1.54) is 30.5 Å². The number of hydrogen-bond donors (Lipinski definition) is 1. The number of fused-ring (bicyclic) bond motifs is 1. The number of ether oxygens (including phenoxy) is 3. The Balaban J connectivity index is 1.47. The zero-order valence-electron chi connectivity index (χ0n) is 23.1. The number of carbonyl (C=O) groups excluding carboxylic acids is 2. The molecular formula is C33H25ClN2O6S. The average molecular weight is 613 g/mol. The Morgan fingerprint density at radius 3 is 2.42 bits per heavy atom. The highest BCUT2D eigenvalue weighted by Gasteiger charge is 2.48. The molecule has 1 aliphatic heterocycles. The second-order valence-corrected chi connectivity index (χ2v) is 11.1. The first-order valence-corrected chi connectivity index (χ1v) is 14.4. The summed E-state index contributed by atoms with van der Waals surface area (Å²) in [6.07, 6.45) is 0. The van der Waals surface area contributed by atoms with Gasteiger partial charge in [-0.2, -0.15) is 0 Å². The van der Waals surface area contributed by atoms with Crippen molar-refractivity contribution >= 4 is 55.7 Å². The van der Waals surface area contributed by atoms with Gasteiger partial charge in [-0.25, -0.2) is 4.98 Å². The summed E-state index contributed by atoms with van der Waals surface area (Å²) in [5, 5.41) is 12.3. The molecule has 4 aromatic carbocycles. The molecule has 0 aliphatic carbocycles. The molecule has 6 rings (SSSR count). The molecule has 0 spiro atoms. The Bertz CT molecular complexity index is 1870. The van der Waals surface area contributed by atoms with Gasteiger partial charge in [-0.05, 0) is 65.7 Å². The molecule has 0 saturated carbocycles. The Kier molecular flexibility index (Phi) is 7.75. The van der Waals surface area contributed by atoms with Gasteiger partial charge in [-0.3, -0.25) is 14.5 Å². The summed E-state index contributed by atoms with van der Waals surface area (Å²) in [5.41, 5.74) is 2.41. The van der Waals surface area contributed by atoms with E-state index in [4.69, 9.17) is 25.8 Å². The lowest BCUT2D eigenvalue weighted by molar-refractivity contribution is -0.132. The molecule has 1 aliphatic rings. The van der Waals surface area contributed by atoms with E-state index in [0.29, 0.717) is 50.7 Å². The van der Waals surface area contributed by atoms with Crippen molar-refractivity contribution in [3.63, 3.8) is 0 Å². The number of benzene rings is 4. The minimum atomic E-state index is -1.00. The van der Waals surface area contributed by atoms with Gasteiger partial charge in [0.2, 0.25) is 0 Å². The first-order valence-electron chi connectivity index (χ1n) is 13.2. The molecule has 1 fully saturated rings. The molecule has 8 nitrogen and oxygen atoms in total. The number of aromatic nitrogens is 1. The monoisotopic (exact) mass is 612 g/mol. The second kappa shape index (κ2) is 11.8. The van der Waals surface area contributed by atoms with Crippen molar-refractivity contribution < 1.29 is 28.9 Å². The van der Waals surface area contributed by atoms with Gasteiger partial charge < -0.3 is 19.3 Å². The molecule has 5 aromatic rings. The van der Waals surface area contributed by atoms with Gasteiger partial charge in [0.05, 0.1) is 36.1 Å². The summed E-state index contributed by atoms with van der Waals surface area (Å²) in [6, 6.07) is 25.7. The number of ketones is 1. The van der Waals surface area contributed by atoms with Crippen LogP contribution in [-0.4, -0.2) is 36.0 Å². The first kappa shape index (κ1) is 28.3. The molecular weight excluding hydrogens is 588 g/mol. The number of aliphatic hydroxyl groups excluding tert-OH is 1. The minimum Gasteiger partial charge on any atom is -0.507 e. The number of halogens is 1. The number of methoxy groups -OCH3 is 2. The van der Waals surface area contributed by atoms with Gasteiger partial charge in [0.1, 0.15) is 18.1 Å². The normalized spacial score (nSPS) is 16.1. The quantitative estimate of drug-likeness (QED) is 0.113. The van der Waals surface area contributed by atoms with E-state index < -0.39 is 17.7 Å². The number of carbonyl (C=O) groups is 2. The zero-order chi connectivity index (χ0) is 30.1. The maximum Gasteiger partial charge on any atom is 0.301 e. The standard InChI is InChI=1S/C33H25ClN2O6S/c1-40-23-12-8-20(9-13-23)30(37)28-29(21-10-15-25(26(16-21)41-2)42-18-19-6-4-3-5-7-19)36(32(39)31(28)38)33-35-24-14-11-22(34)17-27(24)43-33/h3-17,29,37H,18H2,1-2H3/b30-28+. The third-order valence-electron chi connectivity index (χ3n) is 7.09. The number of amides is 1. The maximum absolute atomic E-state index is 13.7. The molecule has 0 bridgehead atoms. The summed E-state index contributed by atoms with van der Waals surface area (Å²) in [6.45, 7) is 0.320. The van der Waals surface area contributed by atoms with Gasteiger partial charge in [-0.1, -0.05) is 59.3 Å². The average Bonchev–Trinajstić information content (AvgIpc) is 3.57. The van der Waals surface area contributed by atoms with Crippen molar-refractivity contribution in [3.05, 3.63) is 118 Å². The number of aliphatic hydroxyl groups is 1. The lowest BCUT2D eigenvalue weighted by Crippen LogP contribution is -2.29. The van der Waals surface area contributed by atoms with Crippen LogP contribution in [0, 0.1) is 0 Å². The van der Waals surface area contributed by atoms with Gasteiger partial charge in [0.25, 0.3) is 5.78 Å². The molecule has 2 heterocycles. The smallest absolute Gasteiger partial charge is 0.301 e. The second-order valence-electron chi connectivity index (χ2n) is 9.69. The van der Waals surface area contributed by atoms with Crippen LogP contribution >= 0.6 is 22.9 Å². The van der Waals surface area contributed by atoms with Crippen LogP contribution < -0.4 is 19.1 Å². The van der Waals surface area contributed by atoms with E-state index in [9.17, 15) is 14.7 Å². The van der Waals surface area contributed by atoms with Gasteiger partial charge in [0, 0.05) is 10.6 Å². The van der Waals surface area contributed by atoms with E-state index in [0.717, 1.165) is 10.3 Å². The Morgan fingerprint density at radius 2 is 1.70 bits per heavy atom. The molecule has 1 saturated heterocycles. The molecule has 10 heteroatoms. The van der Waals surface area contributed by atoms with E-state index >= 15 is 0 Å². The molecule has 0 radical (unpaired) electrons. The highest BCUT2D eigenvalue weighted by atomic mass is 35.5. The Morgan fingerprint density at radius 1 is 0.930 bits per heavy atom. The Labute approximate surface area is 256 Å². The van der Waals surface area contributed by atoms with Crippen molar-refractivity contribution in [1.82, 2.24) is 4.98 Å². The molecule has 1 atom stereocenters. The molecule has 216 valence electrons. The van der Waals surface area contributed by atoms with Crippen molar-refractivity contribution in [3.8, 4) is 17.2 Å². The van der Waals surface area contributed by atoms with E-state index in [-0.39, 0.29) is 11.3 Å². The van der Waals surface area contributed by atoms with Crippen LogP contribution in [0.15, 0.2) is 96.6 Å². The van der Waals surface area contributed by atoms with Crippen LogP contribution in [0.25, 0.3) is 16.0 Å². The number of hydrogen-bond acceptors (Lipinski definition) is 8. The number of Topliss-reactive ketones (excluding diaryl/α,β-unsaturated/α-hetero) is 1.